The summed E-state index contributed by atoms with van der Waals surface area (Å²) in [5.74, 6) is 0.204. The van der Waals surface area contributed by atoms with E-state index in [0.29, 0.717) is 11.6 Å². The largest absolute Gasteiger partial charge is 0.434 e. The van der Waals surface area contributed by atoms with Crippen LogP contribution in [0.3, 0.4) is 0 Å². The average Bonchev–Trinajstić information content (AvgIpc) is 2.77. The van der Waals surface area contributed by atoms with E-state index in [1.807, 2.05) is 0 Å². The molecule has 1 aliphatic rings. The van der Waals surface area contributed by atoms with Crippen LogP contribution in [0.1, 0.15) is 30.5 Å². The molecule has 2 unspecified atom stereocenters. The number of rotatable bonds is 3. The van der Waals surface area contributed by atoms with Crippen LogP contribution in [0.15, 0.2) is 5.38 Å². The summed E-state index contributed by atoms with van der Waals surface area (Å²) < 4.78 is 37.3. The van der Waals surface area contributed by atoms with Crippen LogP contribution in [0, 0.1) is 5.92 Å². The van der Waals surface area contributed by atoms with Crippen molar-refractivity contribution in [3.05, 3.63) is 16.1 Å². The molecule has 1 saturated heterocycles. The first-order valence-electron chi connectivity index (χ1n) is 6.28. The van der Waals surface area contributed by atoms with Gasteiger partial charge >= 0.3 is 6.18 Å². The van der Waals surface area contributed by atoms with E-state index < -0.39 is 11.9 Å². The molecule has 0 spiro atoms. The van der Waals surface area contributed by atoms with Crippen LogP contribution in [0.4, 0.5) is 13.2 Å². The summed E-state index contributed by atoms with van der Waals surface area (Å²) in [6.07, 6.45) is -2.80. The number of piperidine rings is 1. The van der Waals surface area contributed by atoms with E-state index in [9.17, 15) is 18.3 Å². The van der Waals surface area contributed by atoms with E-state index in [1.54, 1.807) is 6.92 Å². The third-order valence-electron chi connectivity index (χ3n) is 3.43. The van der Waals surface area contributed by atoms with Gasteiger partial charge in [-0.1, -0.05) is 0 Å². The lowest BCUT2D eigenvalue weighted by molar-refractivity contribution is -0.140. The summed E-state index contributed by atoms with van der Waals surface area (Å²) >= 11 is 1.04. The molecule has 0 bridgehead atoms. The van der Waals surface area contributed by atoms with Crippen molar-refractivity contribution in [3.8, 4) is 0 Å². The standard InChI is InChI=1S/C12H17F3N2OS/c1-8(18)9-3-2-4-17(5-9)6-11-16-10(7-19-11)12(13,14)15/h7-9,18H,2-6H2,1H3. The Kier molecular flexibility index (Phi) is 4.47. The topological polar surface area (TPSA) is 36.4 Å². The maximum Gasteiger partial charge on any atom is 0.434 e. The fourth-order valence-corrected chi connectivity index (χ4v) is 3.18. The van der Waals surface area contributed by atoms with Crippen molar-refractivity contribution in [2.24, 2.45) is 5.92 Å². The summed E-state index contributed by atoms with van der Waals surface area (Å²) in [6, 6.07) is 0. The first kappa shape index (κ1) is 14.7. The number of aliphatic hydroxyl groups is 1. The predicted molar refractivity (Wildman–Crippen MR) is 66.8 cm³/mol. The van der Waals surface area contributed by atoms with Crippen molar-refractivity contribution in [2.45, 2.75) is 38.6 Å². The Morgan fingerprint density at radius 1 is 1.58 bits per heavy atom. The quantitative estimate of drug-likeness (QED) is 0.931. The van der Waals surface area contributed by atoms with Gasteiger partial charge in [0.2, 0.25) is 0 Å². The van der Waals surface area contributed by atoms with Gasteiger partial charge in [0.1, 0.15) is 5.01 Å². The monoisotopic (exact) mass is 294 g/mol. The summed E-state index contributed by atoms with van der Waals surface area (Å²) in [5.41, 5.74) is -0.809. The minimum atomic E-state index is -4.36. The highest BCUT2D eigenvalue weighted by atomic mass is 32.1. The Bertz CT molecular complexity index is 419. The van der Waals surface area contributed by atoms with Crippen molar-refractivity contribution < 1.29 is 18.3 Å². The smallest absolute Gasteiger partial charge is 0.393 e. The summed E-state index contributed by atoms with van der Waals surface area (Å²) in [5, 5.41) is 11.1. The van der Waals surface area contributed by atoms with Gasteiger partial charge in [-0.05, 0) is 32.2 Å². The number of thiazole rings is 1. The molecule has 19 heavy (non-hydrogen) atoms. The molecule has 1 aliphatic heterocycles. The molecule has 2 rings (SSSR count). The number of alkyl halides is 3. The predicted octanol–water partition coefficient (Wildman–Crippen LogP) is 2.75. The third-order valence-corrected chi connectivity index (χ3v) is 4.26. The number of aromatic nitrogens is 1. The van der Waals surface area contributed by atoms with Crippen LogP contribution >= 0.6 is 11.3 Å². The number of hydrogen-bond acceptors (Lipinski definition) is 4. The Morgan fingerprint density at radius 3 is 2.89 bits per heavy atom. The Morgan fingerprint density at radius 2 is 2.32 bits per heavy atom. The lowest BCUT2D eigenvalue weighted by atomic mass is 9.93. The molecule has 2 heterocycles. The molecule has 0 amide bonds. The van der Waals surface area contributed by atoms with Crippen LogP contribution in [-0.2, 0) is 12.7 Å². The normalized spacial score (nSPS) is 23.5. The second-order valence-corrected chi connectivity index (χ2v) is 5.94. The van der Waals surface area contributed by atoms with Crippen LogP contribution in [-0.4, -0.2) is 34.2 Å². The molecule has 1 fully saturated rings. The van der Waals surface area contributed by atoms with Crippen molar-refractivity contribution in [1.82, 2.24) is 9.88 Å². The molecule has 1 N–H and O–H groups in total. The summed E-state index contributed by atoms with van der Waals surface area (Å²) in [7, 11) is 0. The molecule has 1 aromatic heterocycles. The van der Waals surface area contributed by atoms with E-state index in [0.717, 1.165) is 42.6 Å². The lowest BCUT2D eigenvalue weighted by Crippen LogP contribution is -2.39. The first-order valence-corrected chi connectivity index (χ1v) is 7.16. The molecule has 3 nitrogen and oxygen atoms in total. The number of hydrogen-bond donors (Lipinski definition) is 1. The van der Waals surface area contributed by atoms with Gasteiger partial charge in [0, 0.05) is 11.9 Å². The Hall–Kier alpha value is -0.660. The third kappa shape index (κ3) is 3.90. The average molecular weight is 294 g/mol. The van der Waals surface area contributed by atoms with Gasteiger partial charge in [0.05, 0.1) is 12.6 Å². The molecule has 0 aliphatic carbocycles. The minimum absolute atomic E-state index is 0.204. The molecular weight excluding hydrogens is 277 g/mol. The Balaban J connectivity index is 1.95. The molecule has 0 radical (unpaired) electrons. The zero-order chi connectivity index (χ0) is 14.0. The van der Waals surface area contributed by atoms with Gasteiger partial charge in [0.25, 0.3) is 0 Å². The SMILES string of the molecule is CC(O)C1CCCN(Cc2nc(C(F)(F)F)cs2)C1. The van der Waals surface area contributed by atoms with E-state index in [2.05, 4.69) is 9.88 Å². The van der Waals surface area contributed by atoms with Crippen LogP contribution in [0.25, 0.3) is 0 Å². The van der Waals surface area contributed by atoms with Gasteiger partial charge < -0.3 is 5.11 Å². The number of nitrogens with zero attached hydrogens (tertiary/aromatic N) is 2. The number of likely N-dealkylation sites (tertiary alicyclic amines) is 1. The highest BCUT2D eigenvalue weighted by molar-refractivity contribution is 7.09. The highest BCUT2D eigenvalue weighted by Gasteiger charge is 2.34. The van der Waals surface area contributed by atoms with Crippen molar-refractivity contribution in [3.63, 3.8) is 0 Å². The fraction of sp³-hybridized carbons (Fsp3) is 0.750. The van der Waals surface area contributed by atoms with E-state index in [-0.39, 0.29) is 12.0 Å². The van der Waals surface area contributed by atoms with Crippen molar-refractivity contribution in [1.29, 1.82) is 0 Å². The number of halogens is 3. The molecule has 1 aromatic rings. The van der Waals surface area contributed by atoms with E-state index in [4.69, 9.17) is 0 Å². The maximum atomic E-state index is 12.4. The zero-order valence-electron chi connectivity index (χ0n) is 10.7. The molecular formula is C12H17F3N2OS. The fourth-order valence-electron chi connectivity index (χ4n) is 2.33. The van der Waals surface area contributed by atoms with Gasteiger partial charge in [-0.3, -0.25) is 4.90 Å². The second-order valence-electron chi connectivity index (χ2n) is 5.00. The summed E-state index contributed by atoms with van der Waals surface area (Å²) in [6.45, 7) is 3.77. The molecule has 7 heteroatoms. The van der Waals surface area contributed by atoms with E-state index in [1.165, 1.54) is 0 Å². The van der Waals surface area contributed by atoms with Crippen LogP contribution in [0.5, 0.6) is 0 Å². The van der Waals surface area contributed by atoms with Gasteiger partial charge in [-0.25, -0.2) is 4.98 Å². The van der Waals surface area contributed by atoms with Crippen molar-refractivity contribution in [2.75, 3.05) is 13.1 Å². The highest BCUT2D eigenvalue weighted by Crippen LogP contribution is 2.30. The van der Waals surface area contributed by atoms with Gasteiger partial charge in [-0.15, -0.1) is 11.3 Å². The molecule has 0 aromatic carbocycles. The van der Waals surface area contributed by atoms with Crippen LogP contribution in [0.2, 0.25) is 0 Å². The first-order chi connectivity index (χ1) is 8.86. The van der Waals surface area contributed by atoms with Crippen molar-refractivity contribution >= 4 is 11.3 Å². The maximum absolute atomic E-state index is 12.4. The summed E-state index contributed by atoms with van der Waals surface area (Å²) in [4.78, 5) is 5.70. The number of aliphatic hydroxyl groups excluding tert-OH is 1. The second kappa shape index (κ2) is 5.76. The molecule has 108 valence electrons. The minimum Gasteiger partial charge on any atom is -0.393 e. The van der Waals surface area contributed by atoms with E-state index >= 15 is 0 Å². The molecule has 0 saturated carbocycles. The van der Waals surface area contributed by atoms with Gasteiger partial charge in [0.15, 0.2) is 5.69 Å². The Labute approximate surface area is 114 Å². The zero-order valence-corrected chi connectivity index (χ0v) is 11.5. The van der Waals surface area contributed by atoms with Gasteiger partial charge in [-0.2, -0.15) is 13.2 Å². The lowest BCUT2D eigenvalue weighted by Gasteiger charge is -2.33. The molecule has 2 atom stereocenters. The van der Waals surface area contributed by atoms with Crippen LogP contribution < -0.4 is 0 Å².